The Balaban J connectivity index is 1.41. The Bertz CT molecular complexity index is 1440. The van der Waals surface area contributed by atoms with E-state index in [1.165, 1.54) is 11.3 Å². The van der Waals surface area contributed by atoms with Gasteiger partial charge in [-0.15, -0.1) is 11.3 Å². The van der Waals surface area contributed by atoms with E-state index in [0.29, 0.717) is 28.5 Å². The second-order valence-electron chi connectivity index (χ2n) is 7.15. The van der Waals surface area contributed by atoms with Crippen LogP contribution in [0.3, 0.4) is 0 Å². The molecule has 0 aliphatic rings. The molecule has 6 heteroatoms. The highest BCUT2D eigenvalue weighted by molar-refractivity contribution is 7.13. The molecule has 158 valence electrons. The lowest BCUT2D eigenvalue weighted by Gasteiger charge is -2.10. The van der Waals surface area contributed by atoms with Gasteiger partial charge in [-0.1, -0.05) is 48.5 Å². The van der Waals surface area contributed by atoms with Gasteiger partial charge in [0.1, 0.15) is 28.7 Å². The summed E-state index contributed by atoms with van der Waals surface area (Å²) in [5.41, 5.74) is 3.28. The molecule has 2 aromatic heterocycles. The van der Waals surface area contributed by atoms with Crippen molar-refractivity contribution in [3.63, 3.8) is 0 Å². The van der Waals surface area contributed by atoms with Crippen LogP contribution in [0.1, 0.15) is 5.56 Å². The first-order valence-electron chi connectivity index (χ1n) is 10.1. The Kier molecular flexibility index (Phi) is 5.44. The van der Waals surface area contributed by atoms with Crippen LogP contribution in [0.15, 0.2) is 93.5 Å². The maximum atomic E-state index is 12.7. The number of rotatable bonds is 6. The molecular formula is C26H19NO4S. The van der Waals surface area contributed by atoms with Crippen LogP contribution in [0.25, 0.3) is 32.8 Å². The van der Waals surface area contributed by atoms with Crippen LogP contribution in [0.2, 0.25) is 0 Å². The molecular weight excluding hydrogens is 422 g/mol. The molecule has 5 aromatic rings. The smallest absolute Gasteiger partial charge is 0.346 e. The predicted molar refractivity (Wildman–Crippen MR) is 126 cm³/mol. The van der Waals surface area contributed by atoms with Crippen molar-refractivity contribution in [1.29, 1.82) is 0 Å². The first-order valence-corrected chi connectivity index (χ1v) is 10.9. The summed E-state index contributed by atoms with van der Waals surface area (Å²) in [5, 5.41) is 3.39. The first-order chi connectivity index (χ1) is 15.7. The van der Waals surface area contributed by atoms with Crippen LogP contribution >= 0.6 is 11.3 Å². The fraction of sp³-hybridized carbons (Fsp3) is 0.0769. The van der Waals surface area contributed by atoms with Crippen LogP contribution in [0.4, 0.5) is 0 Å². The van der Waals surface area contributed by atoms with Gasteiger partial charge in [0.25, 0.3) is 0 Å². The summed E-state index contributed by atoms with van der Waals surface area (Å²) >= 11 is 1.42. The Morgan fingerprint density at radius 1 is 0.969 bits per heavy atom. The molecule has 0 fully saturated rings. The molecule has 0 unspecified atom stereocenters. The maximum absolute atomic E-state index is 12.7. The van der Waals surface area contributed by atoms with Crippen LogP contribution in [0, 0.1) is 0 Å². The Labute approximate surface area is 188 Å². The third-order valence-corrected chi connectivity index (χ3v) is 5.97. The summed E-state index contributed by atoms with van der Waals surface area (Å²) < 4.78 is 16.9. The molecule has 5 nitrogen and oxygen atoms in total. The van der Waals surface area contributed by atoms with Gasteiger partial charge in [-0.2, -0.15) is 0 Å². The van der Waals surface area contributed by atoms with Crippen molar-refractivity contribution in [2.24, 2.45) is 0 Å². The third kappa shape index (κ3) is 4.00. The van der Waals surface area contributed by atoms with Crippen molar-refractivity contribution in [3.8, 4) is 33.3 Å². The summed E-state index contributed by atoms with van der Waals surface area (Å²) in [6.07, 6.45) is 0. The molecule has 32 heavy (non-hydrogen) atoms. The highest BCUT2D eigenvalue weighted by Gasteiger charge is 2.13. The van der Waals surface area contributed by atoms with E-state index in [4.69, 9.17) is 13.9 Å². The SMILES string of the molecule is COc1ccccc1COc1ccc2cc(-c3nc(-c4ccccc4)cs3)c(=O)oc2c1. The highest BCUT2D eigenvalue weighted by Crippen LogP contribution is 2.30. The molecule has 0 N–H and O–H groups in total. The van der Waals surface area contributed by atoms with Crippen molar-refractivity contribution < 1.29 is 13.9 Å². The average molecular weight is 442 g/mol. The Morgan fingerprint density at radius 2 is 1.78 bits per heavy atom. The third-order valence-electron chi connectivity index (χ3n) is 5.10. The monoisotopic (exact) mass is 441 g/mol. The molecule has 0 saturated carbocycles. The first kappa shape index (κ1) is 20.0. The molecule has 0 saturated heterocycles. The van der Waals surface area contributed by atoms with Crippen molar-refractivity contribution in [2.45, 2.75) is 6.61 Å². The van der Waals surface area contributed by atoms with Gasteiger partial charge in [0.2, 0.25) is 0 Å². The standard InChI is InChI=1S/C26H19NO4S/c1-29-23-10-6-5-9-19(23)15-30-20-12-11-18-13-21(26(28)31-24(18)14-20)25-27-22(16-32-25)17-7-3-2-4-8-17/h2-14,16H,15H2,1H3. The van der Waals surface area contributed by atoms with Crippen molar-refractivity contribution in [2.75, 3.05) is 7.11 Å². The zero-order chi connectivity index (χ0) is 21.9. The Hall–Kier alpha value is -3.90. The van der Waals surface area contributed by atoms with E-state index in [9.17, 15) is 4.79 Å². The quantitative estimate of drug-likeness (QED) is 0.295. The number of methoxy groups -OCH3 is 1. The molecule has 0 aliphatic carbocycles. The zero-order valence-corrected chi connectivity index (χ0v) is 18.1. The lowest BCUT2D eigenvalue weighted by molar-refractivity contribution is 0.296. The number of nitrogens with zero attached hydrogens (tertiary/aromatic N) is 1. The summed E-state index contributed by atoms with van der Waals surface area (Å²) in [5.74, 6) is 1.38. The maximum Gasteiger partial charge on any atom is 0.346 e. The lowest BCUT2D eigenvalue weighted by atomic mass is 10.1. The van der Waals surface area contributed by atoms with Crippen LogP contribution in [-0.2, 0) is 6.61 Å². The number of aromatic nitrogens is 1. The van der Waals surface area contributed by atoms with E-state index in [-0.39, 0.29) is 0 Å². The van der Waals surface area contributed by atoms with Crippen LogP contribution in [0.5, 0.6) is 11.5 Å². The molecule has 2 heterocycles. The predicted octanol–water partition coefficient (Wildman–Crippen LogP) is 6.17. The number of hydrogen-bond donors (Lipinski definition) is 0. The number of benzene rings is 3. The fourth-order valence-corrected chi connectivity index (χ4v) is 4.28. The summed E-state index contributed by atoms with van der Waals surface area (Å²) in [4.78, 5) is 17.3. The summed E-state index contributed by atoms with van der Waals surface area (Å²) in [6, 6.07) is 24.9. The number of para-hydroxylation sites is 1. The van der Waals surface area contributed by atoms with Gasteiger partial charge >= 0.3 is 5.63 Å². The molecule has 5 rings (SSSR count). The van der Waals surface area contributed by atoms with E-state index in [2.05, 4.69) is 4.98 Å². The number of hydrogen-bond acceptors (Lipinski definition) is 6. The van der Waals surface area contributed by atoms with Gasteiger partial charge in [0.05, 0.1) is 18.4 Å². The second kappa shape index (κ2) is 8.69. The lowest BCUT2D eigenvalue weighted by Crippen LogP contribution is -2.03. The van der Waals surface area contributed by atoms with Crippen molar-refractivity contribution in [1.82, 2.24) is 4.98 Å². The minimum Gasteiger partial charge on any atom is -0.496 e. The minimum atomic E-state index is -0.423. The molecule has 0 spiro atoms. The van der Waals surface area contributed by atoms with Gasteiger partial charge in [0, 0.05) is 28.0 Å². The van der Waals surface area contributed by atoms with E-state index in [1.807, 2.05) is 78.2 Å². The second-order valence-corrected chi connectivity index (χ2v) is 8.01. The van der Waals surface area contributed by atoms with E-state index >= 15 is 0 Å². The molecule has 0 aliphatic heterocycles. The topological polar surface area (TPSA) is 61.6 Å². The van der Waals surface area contributed by atoms with E-state index < -0.39 is 5.63 Å². The van der Waals surface area contributed by atoms with Gasteiger partial charge < -0.3 is 13.9 Å². The zero-order valence-electron chi connectivity index (χ0n) is 17.3. The number of thiazole rings is 1. The van der Waals surface area contributed by atoms with Crippen LogP contribution in [-0.4, -0.2) is 12.1 Å². The Morgan fingerprint density at radius 3 is 2.62 bits per heavy atom. The molecule has 0 atom stereocenters. The minimum absolute atomic E-state index is 0.346. The average Bonchev–Trinajstić information content (AvgIpc) is 3.33. The van der Waals surface area contributed by atoms with Crippen molar-refractivity contribution in [3.05, 3.63) is 100 Å². The highest BCUT2D eigenvalue weighted by atomic mass is 32.1. The van der Waals surface area contributed by atoms with E-state index in [1.54, 1.807) is 13.2 Å². The number of ether oxygens (including phenoxy) is 2. The fourth-order valence-electron chi connectivity index (χ4n) is 3.45. The van der Waals surface area contributed by atoms with Gasteiger partial charge in [0.15, 0.2) is 0 Å². The largest absolute Gasteiger partial charge is 0.496 e. The van der Waals surface area contributed by atoms with Gasteiger partial charge in [-0.05, 0) is 24.3 Å². The summed E-state index contributed by atoms with van der Waals surface area (Å²) in [7, 11) is 1.63. The van der Waals surface area contributed by atoms with Crippen LogP contribution < -0.4 is 15.1 Å². The molecule has 0 radical (unpaired) electrons. The van der Waals surface area contributed by atoms with Gasteiger partial charge in [-0.25, -0.2) is 9.78 Å². The molecule has 0 amide bonds. The van der Waals surface area contributed by atoms with Gasteiger partial charge in [-0.3, -0.25) is 0 Å². The molecule has 3 aromatic carbocycles. The normalized spacial score (nSPS) is 10.9. The molecule has 0 bridgehead atoms. The summed E-state index contributed by atoms with van der Waals surface area (Å²) in [6.45, 7) is 0.346. The van der Waals surface area contributed by atoms with E-state index in [0.717, 1.165) is 28.0 Å². The number of fused-ring (bicyclic) bond motifs is 1. The van der Waals surface area contributed by atoms with Crippen molar-refractivity contribution >= 4 is 22.3 Å².